The van der Waals surface area contributed by atoms with Gasteiger partial charge < -0.3 is 35.2 Å². The summed E-state index contributed by atoms with van der Waals surface area (Å²) in [6.45, 7) is -0.724. The van der Waals surface area contributed by atoms with Gasteiger partial charge in [0, 0.05) is 6.54 Å². The largest absolute Gasteiger partial charge is 0.456 e. The molecule has 0 aromatic heterocycles. The molecule has 2 aromatic rings. The minimum absolute atomic E-state index is 0.0875. The molecule has 32 heavy (non-hydrogen) atoms. The molecular weight excluding hydrogens is 435 g/mol. The Hall–Kier alpha value is -2.70. The number of carbonyl (C=O) groups excluding carboxylic acids is 1. The minimum Gasteiger partial charge on any atom is -0.456 e. The van der Waals surface area contributed by atoms with E-state index in [0.29, 0.717) is 12.5 Å². The number of amides is 1. The molecular formula is C21H22F3NO7. The zero-order valence-electron chi connectivity index (χ0n) is 16.6. The number of hydrogen-bond acceptors (Lipinski definition) is 7. The summed E-state index contributed by atoms with van der Waals surface area (Å²) in [6, 6.07) is 9.41. The number of rotatable bonds is 7. The Morgan fingerprint density at radius 1 is 1.03 bits per heavy atom. The van der Waals surface area contributed by atoms with Gasteiger partial charge in [-0.1, -0.05) is 30.3 Å². The molecule has 3 rings (SSSR count). The lowest BCUT2D eigenvalue weighted by Gasteiger charge is -2.39. The average Bonchev–Trinajstić information content (AvgIpc) is 2.79. The SMILES string of the molecule is O=C(NCCc1ccccc1)c1cc(F)c(F)c(O[C@H]2OC(CO)C(O)C(O)C2O)c1F. The molecule has 0 spiro atoms. The van der Waals surface area contributed by atoms with Crippen LogP contribution in [-0.4, -0.2) is 70.2 Å². The van der Waals surface area contributed by atoms with E-state index in [1.54, 1.807) is 12.1 Å². The molecule has 0 saturated carbocycles. The van der Waals surface area contributed by atoms with Gasteiger partial charge in [-0.2, -0.15) is 4.39 Å². The Morgan fingerprint density at radius 3 is 2.38 bits per heavy atom. The highest BCUT2D eigenvalue weighted by Crippen LogP contribution is 2.31. The second-order valence-corrected chi connectivity index (χ2v) is 7.17. The standard InChI is InChI=1S/C21H22F3NO7/c22-12-8-11(20(30)25-7-6-10-4-2-1-3-5-10)14(23)19(15(12)24)32-21-18(29)17(28)16(27)13(9-26)31-21/h1-5,8,13,16-18,21,26-29H,6-7,9H2,(H,25,30)/t13?,16?,17?,18?,21-/m1/s1. The summed E-state index contributed by atoms with van der Waals surface area (Å²) in [7, 11) is 0. The van der Waals surface area contributed by atoms with Crippen LogP contribution in [0.5, 0.6) is 5.75 Å². The van der Waals surface area contributed by atoms with Gasteiger partial charge in [0.05, 0.1) is 12.2 Å². The van der Waals surface area contributed by atoms with Crippen molar-refractivity contribution in [3.8, 4) is 5.75 Å². The number of nitrogens with one attached hydrogen (secondary N) is 1. The molecule has 0 radical (unpaired) electrons. The van der Waals surface area contributed by atoms with Crippen molar-refractivity contribution in [1.82, 2.24) is 5.32 Å². The Balaban J connectivity index is 1.78. The van der Waals surface area contributed by atoms with Gasteiger partial charge in [-0.05, 0) is 18.1 Å². The van der Waals surface area contributed by atoms with Crippen molar-refractivity contribution < 1.29 is 47.9 Å². The molecule has 4 unspecified atom stereocenters. The van der Waals surface area contributed by atoms with Crippen LogP contribution in [0.1, 0.15) is 15.9 Å². The average molecular weight is 457 g/mol. The van der Waals surface area contributed by atoms with Crippen molar-refractivity contribution in [2.75, 3.05) is 13.2 Å². The first-order valence-corrected chi connectivity index (χ1v) is 9.71. The summed E-state index contributed by atoms with van der Waals surface area (Å²) in [5.74, 6) is -7.34. The van der Waals surface area contributed by atoms with Crippen LogP contribution in [0, 0.1) is 17.5 Å². The molecule has 1 fully saturated rings. The van der Waals surface area contributed by atoms with Crippen LogP contribution in [0.3, 0.4) is 0 Å². The minimum atomic E-state index is -1.99. The molecule has 1 saturated heterocycles. The van der Waals surface area contributed by atoms with Gasteiger partial charge in [0.2, 0.25) is 12.1 Å². The van der Waals surface area contributed by atoms with Gasteiger partial charge in [0.1, 0.15) is 24.4 Å². The molecule has 5 N–H and O–H groups in total. The number of benzene rings is 2. The van der Waals surface area contributed by atoms with E-state index < -0.39 is 72.0 Å². The summed E-state index contributed by atoms with van der Waals surface area (Å²) in [5.41, 5.74) is 0.0433. The highest BCUT2D eigenvalue weighted by atomic mass is 19.2. The number of hydrogen-bond donors (Lipinski definition) is 5. The molecule has 1 aliphatic rings. The first-order chi connectivity index (χ1) is 15.2. The number of halogens is 3. The Kier molecular flexibility index (Phi) is 7.69. The van der Waals surface area contributed by atoms with Gasteiger partial charge in [-0.3, -0.25) is 4.79 Å². The maximum absolute atomic E-state index is 14.9. The maximum Gasteiger partial charge on any atom is 0.254 e. The second-order valence-electron chi connectivity index (χ2n) is 7.17. The topological polar surface area (TPSA) is 128 Å². The van der Waals surface area contributed by atoms with Crippen molar-refractivity contribution in [3.05, 3.63) is 65.0 Å². The first-order valence-electron chi connectivity index (χ1n) is 9.71. The zero-order chi connectivity index (χ0) is 23.4. The Morgan fingerprint density at radius 2 is 1.72 bits per heavy atom. The zero-order valence-corrected chi connectivity index (χ0v) is 16.6. The van der Waals surface area contributed by atoms with E-state index in [1.807, 2.05) is 18.2 Å². The van der Waals surface area contributed by atoms with E-state index in [4.69, 9.17) is 9.47 Å². The molecule has 174 valence electrons. The second kappa shape index (κ2) is 10.3. The molecule has 1 heterocycles. The Bertz CT molecular complexity index is 945. The third-order valence-electron chi connectivity index (χ3n) is 4.99. The van der Waals surface area contributed by atoms with Crippen LogP contribution >= 0.6 is 0 Å². The third-order valence-corrected chi connectivity index (χ3v) is 4.99. The van der Waals surface area contributed by atoms with Crippen LogP contribution in [0.25, 0.3) is 0 Å². The smallest absolute Gasteiger partial charge is 0.254 e. The first kappa shape index (κ1) is 24.0. The molecule has 0 aliphatic carbocycles. The fourth-order valence-corrected chi connectivity index (χ4v) is 3.19. The number of aliphatic hydroxyl groups is 4. The monoisotopic (exact) mass is 457 g/mol. The lowest BCUT2D eigenvalue weighted by Crippen LogP contribution is -2.60. The normalized spacial score (nSPS) is 25.4. The van der Waals surface area contributed by atoms with Crippen LogP contribution in [0.4, 0.5) is 13.2 Å². The highest BCUT2D eigenvalue weighted by Gasteiger charge is 2.45. The highest BCUT2D eigenvalue weighted by molar-refractivity contribution is 5.95. The van der Waals surface area contributed by atoms with Crippen LogP contribution in [0.2, 0.25) is 0 Å². The lowest BCUT2D eigenvalue weighted by atomic mass is 9.99. The lowest BCUT2D eigenvalue weighted by molar-refractivity contribution is -0.278. The molecule has 1 amide bonds. The van der Waals surface area contributed by atoms with Crippen molar-refractivity contribution in [3.63, 3.8) is 0 Å². The molecule has 0 bridgehead atoms. The number of ether oxygens (including phenoxy) is 2. The molecule has 2 aromatic carbocycles. The van der Waals surface area contributed by atoms with E-state index in [0.717, 1.165) is 5.56 Å². The number of carbonyl (C=O) groups is 1. The molecule has 5 atom stereocenters. The summed E-state index contributed by atoms with van der Waals surface area (Å²) in [4.78, 5) is 12.3. The van der Waals surface area contributed by atoms with Gasteiger partial charge in [-0.15, -0.1) is 0 Å². The molecule has 8 nitrogen and oxygen atoms in total. The fourth-order valence-electron chi connectivity index (χ4n) is 3.19. The van der Waals surface area contributed by atoms with Gasteiger partial charge in [0.25, 0.3) is 5.91 Å². The summed E-state index contributed by atoms with van der Waals surface area (Å²) in [6.07, 6.45) is -8.58. The number of aliphatic hydroxyl groups excluding tert-OH is 4. The van der Waals surface area contributed by atoms with Gasteiger partial charge >= 0.3 is 0 Å². The van der Waals surface area contributed by atoms with E-state index in [2.05, 4.69) is 5.32 Å². The van der Waals surface area contributed by atoms with Crippen molar-refractivity contribution in [2.24, 2.45) is 0 Å². The summed E-state index contributed by atoms with van der Waals surface area (Å²) >= 11 is 0. The third kappa shape index (κ3) is 5.03. The predicted molar refractivity (Wildman–Crippen MR) is 103 cm³/mol. The Labute approximate surface area is 180 Å². The van der Waals surface area contributed by atoms with Crippen molar-refractivity contribution in [2.45, 2.75) is 37.1 Å². The van der Waals surface area contributed by atoms with Crippen LogP contribution < -0.4 is 10.1 Å². The quantitative estimate of drug-likeness (QED) is 0.377. The van der Waals surface area contributed by atoms with Gasteiger partial charge in [0.15, 0.2) is 17.4 Å². The van der Waals surface area contributed by atoms with Crippen LogP contribution in [0.15, 0.2) is 36.4 Å². The summed E-state index contributed by atoms with van der Waals surface area (Å²) in [5, 5.41) is 41.1. The van der Waals surface area contributed by atoms with E-state index in [-0.39, 0.29) is 6.54 Å². The molecule has 1 aliphatic heterocycles. The van der Waals surface area contributed by atoms with Crippen LogP contribution in [-0.2, 0) is 11.2 Å². The van der Waals surface area contributed by atoms with E-state index in [1.165, 1.54) is 0 Å². The predicted octanol–water partition coefficient (Wildman–Crippen LogP) is 0.255. The van der Waals surface area contributed by atoms with Crippen molar-refractivity contribution in [1.29, 1.82) is 0 Å². The fraction of sp³-hybridized carbons (Fsp3) is 0.381. The van der Waals surface area contributed by atoms with Crippen molar-refractivity contribution >= 4 is 5.91 Å². The summed E-state index contributed by atoms with van der Waals surface area (Å²) < 4.78 is 53.1. The maximum atomic E-state index is 14.9. The van der Waals surface area contributed by atoms with E-state index in [9.17, 15) is 38.4 Å². The van der Waals surface area contributed by atoms with E-state index >= 15 is 0 Å². The molecule has 11 heteroatoms. The van der Waals surface area contributed by atoms with Gasteiger partial charge in [-0.25, -0.2) is 8.78 Å².